The van der Waals surface area contributed by atoms with Crippen LogP contribution < -0.4 is 0 Å². The van der Waals surface area contributed by atoms with E-state index in [2.05, 4.69) is 9.97 Å². The van der Waals surface area contributed by atoms with Crippen LogP contribution in [0.3, 0.4) is 0 Å². The third-order valence-corrected chi connectivity index (χ3v) is 4.19. The molecule has 3 heterocycles. The van der Waals surface area contributed by atoms with Gasteiger partial charge in [-0.1, -0.05) is 6.92 Å². The number of nitrogens with zero attached hydrogens (tertiary/aromatic N) is 2. The zero-order chi connectivity index (χ0) is 15.5. The van der Waals surface area contributed by atoms with Gasteiger partial charge < -0.3 is 19.4 Å². The first-order chi connectivity index (χ1) is 10.7. The van der Waals surface area contributed by atoms with Crippen LogP contribution in [0.4, 0.5) is 0 Å². The van der Waals surface area contributed by atoms with Crippen LogP contribution in [-0.4, -0.2) is 32.4 Å². The van der Waals surface area contributed by atoms with E-state index in [4.69, 9.17) is 4.42 Å². The van der Waals surface area contributed by atoms with Gasteiger partial charge in [0.05, 0.1) is 24.3 Å². The number of aliphatic hydroxyl groups excluding tert-OH is 1. The van der Waals surface area contributed by atoms with Gasteiger partial charge >= 0.3 is 0 Å². The van der Waals surface area contributed by atoms with Crippen molar-refractivity contribution in [3.8, 4) is 0 Å². The summed E-state index contributed by atoms with van der Waals surface area (Å²) < 4.78 is 5.83. The van der Waals surface area contributed by atoms with E-state index in [1.165, 1.54) is 12.5 Å². The summed E-state index contributed by atoms with van der Waals surface area (Å²) in [5.41, 5.74) is 0.419. The zero-order valence-electron chi connectivity index (χ0n) is 12.7. The largest absolute Gasteiger partial charge is 0.464 e. The summed E-state index contributed by atoms with van der Waals surface area (Å²) in [6.45, 7) is 2.67. The summed E-state index contributed by atoms with van der Waals surface area (Å²) in [5.74, 6) is 1.42. The average Bonchev–Trinajstić information content (AvgIpc) is 3.24. The number of carbonyl (C=O) groups is 1. The van der Waals surface area contributed by atoms with E-state index in [9.17, 15) is 9.90 Å². The molecular formula is C16H21N3O3. The van der Waals surface area contributed by atoms with E-state index in [1.807, 2.05) is 19.1 Å². The Kier molecular flexibility index (Phi) is 4.29. The van der Waals surface area contributed by atoms with Crippen molar-refractivity contribution in [3.63, 3.8) is 0 Å². The molecule has 1 saturated heterocycles. The molecule has 0 spiro atoms. The molecule has 1 fully saturated rings. The average molecular weight is 303 g/mol. The van der Waals surface area contributed by atoms with Crippen molar-refractivity contribution >= 4 is 5.91 Å². The SMILES string of the molecule is CCc1ccc(C2CCCCN2C(=O)C(O)c2cnc[nH]2)o1. The maximum Gasteiger partial charge on any atom is 0.258 e. The highest BCUT2D eigenvalue weighted by Gasteiger charge is 2.34. The smallest absolute Gasteiger partial charge is 0.258 e. The number of amides is 1. The molecule has 0 bridgehead atoms. The first-order valence-corrected chi connectivity index (χ1v) is 7.76. The Balaban J connectivity index is 1.81. The fourth-order valence-electron chi connectivity index (χ4n) is 2.96. The molecule has 2 N–H and O–H groups in total. The van der Waals surface area contributed by atoms with Gasteiger partial charge in [0.1, 0.15) is 11.5 Å². The number of carbonyl (C=O) groups excluding carboxylic acids is 1. The molecule has 3 rings (SSSR count). The molecule has 1 aliphatic heterocycles. The lowest BCUT2D eigenvalue weighted by molar-refractivity contribution is -0.145. The number of hydrogen-bond donors (Lipinski definition) is 2. The van der Waals surface area contributed by atoms with Crippen molar-refractivity contribution in [2.45, 2.75) is 44.8 Å². The minimum Gasteiger partial charge on any atom is -0.464 e. The summed E-state index contributed by atoms with van der Waals surface area (Å²) in [6, 6.07) is 3.80. The maximum absolute atomic E-state index is 12.6. The number of piperidine rings is 1. The van der Waals surface area contributed by atoms with Gasteiger partial charge in [-0.15, -0.1) is 0 Å². The van der Waals surface area contributed by atoms with Crippen molar-refractivity contribution in [2.24, 2.45) is 0 Å². The van der Waals surface area contributed by atoms with Crippen molar-refractivity contribution < 1.29 is 14.3 Å². The zero-order valence-corrected chi connectivity index (χ0v) is 12.7. The van der Waals surface area contributed by atoms with E-state index >= 15 is 0 Å². The number of aryl methyl sites for hydroxylation is 1. The second-order valence-electron chi connectivity index (χ2n) is 5.61. The summed E-state index contributed by atoms with van der Waals surface area (Å²) in [6.07, 6.45) is 5.41. The summed E-state index contributed by atoms with van der Waals surface area (Å²) >= 11 is 0. The number of aromatic nitrogens is 2. The monoisotopic (exact) mass is 303 g/mol. The first-order valence-electron chi connectivity index (χ1n) is 7.76. The maximum atomic E-state index is 12.6. The Bertz CT molecular complexity index is 620. The van der Waals surface area contributed by atoms with E-state index in [0.717, 1.165) is 37.2 Å². The molecule has 0 radical (unpaired) electrons. The highest BCUT2D eigenvalue weighted by Crippen LogP contribution is 2.33. The van der Waals surface area contributed by atoms with Crippen LogP contribution in [0.15, 0.2) is 29.1 Å². The molecule has 1 amide bonds. The van der Waals surface area contributed by atoms with Gasteiger partial charge in [-0.05, 0) is 31.4 Å². The van der Waals surface area contributed by atoms with Crippen molar-refractivity contribution in [1.29, 1.82) is 0 Å². The lowest BCUT2D eigenvalue weighted by Crippen LogP contribution is -2.41. The number of aliphatic hydroxyl groups is 1. The molecule has 0 aliphatic carbocycles. The molecular weight excluding hydrogens is 282 g/mol. The topological polar surface area (TPSA) is 82.4 Å². The quantitative estimate of drug-likeness (QED) is 0.908. The Morgan fingerprint density at radius 2 is 2.41 bits per heavy atom. The van der Waals surface area contributed by atoms with E-state index in [0.29, 0.717) is 12.2 Å². The Hall–Kier alpha value is -2.08. The normalized spacial score (nSPS) is 20.1. The highest BCUT2D eigenvalue weighted by molar-refractivity contribution is 5.82. The molecule has 6 heteroatoms. The number of nitrogens with one attached hydrogen (secondary N) is 1. The predicted octanol–water partition coefficient (Wildman–Crippen LogP) is 2.35. The molecule has 0 aromatic carbocycles. The third-order valence-electron chi connectivity index (χ3n) is 4.19. The summed E-state index contributed by atoms with van der Waals surface area (Å²) in [4.78, 5) is 21.0. The predicted molar refractivity (Wildman–Crippen MR) is 79.9 cm³/mol. The number of furan rings is 1. The minimum absolute atomic E-state index is 0.0980. The van der Waals surface area contributed by atoms with E-state index in [-0.39, 0.29) is 11.9 Å². The Morgan fingerprint density at radius 3 is 3.09 bits per heavy atom. The number of hydrogen-bond acceptors (Lipinski definition) is 4. The van der Waals surface area contributed by atoms with Crippen LogP contribution in [0.25, 0.3) is 0 Å². The fraction of sp³-hybridized carbons (Fsp3) is 0.500. The second-order valence-corrected chi connectivity index (χ2v) is 5.61. The van der Waals surface area contributed by atoms with Crippen molar-refractivity contribution in [3.05, 3.63) is 41.9 Å². The van der Waals surface area contributed by atoms with E-state index in [1.54, 1.807) is 4.90 Å². The second kappa shape index (κ2) is 6.36. The van der Waals surface area contributed by atoms with E-state index < -0.39 is 6.10 Å². The number of rotatable bonds is 4. The minimum atomic E-state index is -1.20. The van der Waals surface area contributed by atoms with Gasteiger partial charge in [-0.2, -0.15) is 0 Å². The number of imidazole rings is 1. The van der Waals surface area contributed by atoms with Gasteiger partial charge in [0.15, 0.2) is 6.10 Å². The molecule has 118 valence electrons. The molecule has 2 aromatic heterocycles. The summed E-state index contributed by atoms with van der Waals surface area (Å²) in [5, 5.41) is 10.3. The van der Waals surface area contributed by atoms with Gasteiger partial charge in [0, 0.05) is 13.0 Å². The molecule has 22 heavy (non-hydrogen) atoms. The molecule has 0 saturated carbocycles. The number of likely N-dealkylation sites (tertiary alicyclic amines) is 1. The number of aromatic amines is 1. The molecule has 2 unspecified atom stereocenters. The summed E-state index contributed by atoms with van der Waals surface area (Å²) in [7, 11) is 0. The van der Waals surface area contributed by atoms with Gasteiger partial charge in [0.2, 0.25) is 0 Å². The molecule has 1 aliphatic rings. The lowest BCUT2D eigenvalue weighted by atomic mass is 9.99. The van der Waals surface area contributed by atoms with Crippen LogP contribution in [0.1, 0.15) is 55.5 Å². The van der Waals surface area contributed by atoms with Crippen LogP contribution in [0.2, 0.25) is 0 Å². The molecule has 2 aromatic rings. The van der Waals surface area contributed by atoms with Gasteiger partial charge in [-0.3, -0.25) is 4.79 Å². The van der Waals surface area contributed by atoms with Crippen LogP contribution in [-0.2, 0) is 11.2 Å². The Labute approximate surface area is 129 Å². The molecule has 6 nitrogen and oxygen atoms in total. The van der Waals surface area contributed by atoms with Crippen LogP contribution >= 0.6 is 0 Å². The fourth-order valence-corrected chi connectivity index (χ4v) is 2.96. The molecule has 2 atom stereocenters. The number of H-pyrrole nitrogens is 1. The van der Waals surface area contributed by atoms with Crippen LogP contribution in [0, 0.1) is 0 Å². The third kappa shape index (κ3) is 2.78. The van der Waals surface area contributed by atoms with Crippen LogP contribution in [0.5, 0.6) is 0 Å². The highest BCUT2D eigenvalue weighted by atomic mass is 16.3. The van der Waals surface area contributed by atoms with Crippen molar-refractivity contribution in [1.82, 2.24) is 14.9 Å². The standard InChI is InChI=1S/C16H21N3O3/c1-2-11-6-7-14(22-11)13-5-3-4-8-19(13)16(21)15(20)12-9-17-10-18-12/h6-7,9-10,13,15,20H,2-5,8H2,1H3,(H,17,18). The first kappa shape index (κ1) is 14.8. The lowest BCUT2D eigenvalue weighted by Gasteiger charge is -2.35. The van der Waals surface area contributed by atoms with Gasteiger partial charge in [-0.25, -0.2) is 4.98 Å². The van der Waals surface area contributed by atoms with Crippen molar-refractivity contribution in [2.75, 3.05) is 6.54 Å². The Morgan fingerprint density at radius 1 is 1.55 bits per heavy atom. The van der Waals surface area contributed by atoms with Gasteiger partial charge in [0.25, 0.3) is 5.91 Å².